The van der Waals surface area contributed by atoms with Crippen LogP contribution in [0.3, 0.4) is 0 Å². The molecule has 2 N–H and O–H groups in total. The van der Waals surface area contributed by atoms with Crippen molar-refractivity contribution in [3.05, 3.63) is 69.3 Å². The predicted octanol–water partition coefficient (Wildman–Crippen LogP) is 4.64. The fraction of sp³-hybridized carbons (Fsp3) is 0.348. The van der Waals surface area contributed by atoms with E-state index in [-0.39, 0.29) is 18.2 Å². The van der Waals surface area contributed by atoms with Gasteiger partial charge >= 0.3 is 0 Å². The number of likely N-dealkylation sites (N-methyl/N-ethyl adjacent to an activating group) is 1. The monoisotopic (exact) mass is 429 g/mol. The second-order valence-corrected chi connectivity index (χ2v) is 8.75. The molecule has 29 heavy (non-hydrogen) atoms. The maximum Gasteiger partial charge on any atom is 0.147 e. The molecule has 0 spiro atoms. The van der Waals surface area contributed by atoms with Crippen molar-refractivity contribution in [1.82, 2.24) is 9.47 Å². The minimum Gasteiger partial charge on any atom is -0.344 e. The maximum absolute atomic E-state index is 12.2. The van der Waals surface area contributed by atoms with E-state index in [0.29, 0.717) is 11.4 Å². The average Bonchev–Trinajstić information content (AvgIpc) is 3.00. The number of hydrogen-bond donors (Lipinski definition) is 1. The van der Waals surface area contributed by atoms with Crippen LogP contribution in [0, 0.1) is 0 Å². The maximum atomic E-state index is 12.2. The summed E-state index contributed by atoms with van der Waals surface area (Å²) in [5.41, 5.74) is 10.6. The molecule has 1 unspecified atom stereocenters. The van der Waals surface area contributed by atoms with Gasteiger partial charge in [-0.2, -0.15) is 0 Å². The smallest absolute Gasteiger partial charge is 0.147 e. The highest BCUT2D eigenvalue weighted by atomic mass is 35.5. The molecular weight excluding hydrogens is 405 g/mol. The van der Waals surface area contributed by atoms with Crippen LogP contribution in [-0.4, -0.2) is 35.4 Å². The Kier molecular flexibility index (Phi) is 5.98. The van der Waals surface area contributed by atoms with E-state index in [2.05, 4.69) is 28.6 Å². The number of aromatic nitrogens is 1. The third kappa shape index (κ3) is 4.22. The molecule has 4 rings (SSSR count). The fourth-order valence-corrected chi connectivity index (χ4v) is 4.67. The van der Waals surface area contributed by atoms with Crippen molar-refractivity contribution in [3.8, 4) is 0 Å². The number of Topliss-reactive ketones (excluding diaryl/α,β-unsaturated/α-hetero) is 1. The molecule has 0 saturated carbocycles. The first-order chi connectivity index (χ1) is 14.0. The molecule has 2 heterocycles. The van der Waals surface area contributed by atoms with E-state index in [9.17, 15) is 4.79 Å². The summed E-state index contributed by atoms with van der Waals surface area (Å²) in [5, 5.41) is 2.65. The molecule has 0 saturated heterocycles. The fourth-order valence-electron chi connectivity index (χ4n) is 4.37. The molecule has 0 aliphatic carbocycles. The van der Waals surface area contributed by atoms with Gasteiger partial charge in [0.25, 0.3) is 0 Å². The highest BCUT2D eigenvalue weighted by Crippen LogP contribution is 2.35. The van der Waals surface area contributed by atoms with Crippen molar-refractivity contribution >= 4 is 39.9 Å². The van der Waals surface area contributed by atoms with Gasteiger partial charge in [-0.1, -0.05) is 35.3 Å². The summed E-state index contributed by atoms with van der Waals surface area (Å²) >= 11 is 12.4. The third-order valence-corrected chi connectivity index (χ3v) is 6.34. The number of ketones is 1. The van der Waals surface area contributed by atoms with E-state index in [1.807, 2.05) is 30.3 Å². The van der Waals surface area contributed by atoms with Crippen molar-refractivity contribution in [2.45, 2.75) is 31.8 Å². The van der Waals surface area contributed by atoms with Crippen LogP contribution >= 0.6 is 23.2 Å². The van der Waals surface area contributed by atoms with Crippen LogP contribution in [0.2, 0.25) is 10.0 Å². The van der Waals surface area contributed by atoms with Gasteiger partial charge in [0.15, 0.2) is 0 Å². The molecule has 152 valence electrons. The minimum absolute atomic E-state index is 0.0401. The Morgan fingerprint density at radius 2 is 1.86 bits per heavy atom. The van der Waals surface area contributed by atoms with Crippen LogP contribution in [0.4, 0.5) is 0 Å². The van der Waals surface area contributed by atoms with Crippen molar-refractivity contribution in [2.75, 3.05) is 20.1 Å². The Labute approximate surface area is 181 Å². The van der Waals surface area contributed by atoms with Crippen molar-refractivity contribution in [3.63, 3.8) is 0 Å². The zero-order valence-corrected chi connectivity index (χ0v) is 18.0. The Morgan fingerprint density at radius 3 is 2.59 bits per heavy atom. The van der Waals surface area contributed by atoms with E-state index < -0.39 is 0 Å². The summed E-state index contributed by atoms with van der Waals surface area (Å²) in [7, 11) is 2.15. The Balaban J connectivity index is 1.79. The lowest BCUT2D eigenvalue weighted by Gasteiger charge is -2.26. The van der Waals surface area contributed by atoms with E-state index in [4.69, 9.17) is 28.9 Å². The van der Waals surface area contributed by atoms with Crippen LogP contribution in [0.1, 0.15) is 29.2 Å². The third-order valence-electron chi connectivity index (χ3n) is 5.85. The SMILES string of the molecule is CN1CCc2c(c3cc(Cl)ccc3n2CC(CC(=O)CN)c2ccc(Cl)cc2)C1. The highest BCUT2D eigenvalue weighted by molar-refractivity contribution is 6.31. The topological polar surface area (TPSA) is 51.3 Å². The normalized spacial score (nSPS) is 15.4. The number of rotatable bonds is 6. The van der Waals surface area contributed by atoms with Crippen LogP contribution in [0.15, 0.2) is 42.5 Å². The van der Waals surface area contributed by atoms with Gasteiger partial charge in [-0.25, -0.2) is 0 Å². The lowest BCUT2D eigenvalue weighted by molar-refractivity contribution is -0.118. The number of nitrogens with zero attached hydrogens (tertiary/aromatic N) is 2. The van der Waals surface area contributed by atoms with E-state index in [1.165, 1.54) is 22.2 Å². The Morgan fingerprint density at radius 1 is 1.14 bits per heavy atom. The van der Waals surface area contributed by atoms with Gasteiger partial charge in [0.2, 0.25) is 0 Å². The molecule has 1 aliphatic rings. The number of benzene rings is 2. The zero-order valence-electron chi connectivity index (χ0n) is 16.5. The molecule has 1 atom stereocenters. The number of fused-ring (bicyclic) bond motifs is 3. The van der Waals surface area contributed by atoms with Gasteiger partial charge in [0.1, 0.15) is 5.78 Å². The quantitative estimate of drug-likeness (QED) is 0.620. The second kappa shape index (κ2) is 8.49. The molecule has 4 nitrogen and oxygen atoms in total. The first-order valence-corrected chi connectivity index (χ1v) is 10.7. The van der Waals surface area contributed by atoms with Crippen molar-refractivity contribution < 1.29 is 4.79 Å². The predicted molar refractivity (Wildman–Crippen MR) is 120 cm³/mol. The molecule has 6 heteroatoms. The largest absolute Gasteiger partial charge is 0.344 e. The molecule has 1 aliphatic heterocycles. The zero-order chi connectivity index (χ0) is 20.5. The van der Waals surface area contributed by atoms with Gasteiger partial charge in [0.05, 0.1) is 6.54 Å². The Bertz CT molecular complexity index is 1040. The number of hydrogen-bond acceptors (Lipinski definition) is 3. The van der Waals surface area contributed by atoms with E-state index >= 15 is 0 Å². The van der Waals surface area contributed by atoms with Gasteiger partial charge in [0, 0.05) is 65.0 Å². The molecule has 0 radical (unpaired) electrons. The van der Waals surface area contributed by atoms with Crippen molar-refractivity contribution in [2.24, 2.45) is 5.73 Å². The summed E-state index contributed by atoms with van der Waals surface area (Å²) < 4.78 is 2.39. The van der Waals surface area contributed by atoms with Gasteiger partial charge in [-0.15, -0.1) is 0 Å². The number of halogens is 2. The molecule has 2 aromatic carbocycles. The van der Waals surface area contributed by atoms with Crippen LogP contribution < -0.4 is 5.73 Å². The summed E-state index contributed by atoms with van der Waals surface area (Å²) in [6.07, 6.45) is 1.40. The standard InChI is InChI=1S/C23H25Cl2N3O/c1-27-9-8-23-21(14-27)20-11-18(25)6-7-22(20)28(23)13-16(10-19(29)12-26)15-2-4-17(24)5-3-15/h2-7,11,16H,8-10,12-14,26H2,1H3. The van der Waals surface area contributed by atoms with Crippen LogP contribution in [-0.2, 0) is 24.3 Å². The van der Waals surface area contributed by atoms with Gasteiger partial charge < -0.3 is 15.2 Å². The summed E-state index contributed by atoms with van der Waals surface area (Å²) in [5.74, 6) is 0.108. The van der Waals surface area contributed by atoms with Crippen molar-refractivity contribution in [1.29, 1.82) is 0 Å². The average molecular weight is 430 g/mol. The molecule has 3 aromatic rings. The molecule has 0 bridgehead atoms. The summed E-state index contributed by atoms with van der Waals surface area (Å²) in [6.45, 7) is 2.72. The van der Waals surface area contributed by atoms with Gasteiger partial charge in [-0.3, -0.25) is 4.79 Å². The lowest BCUT2D eigenvalue weighted by atomic mass is 9.93. The number of carbonyl (C=O) groups excluding carboxylic acids is 1. The molecule has 1 aromatic heterocycles. The first-order valence-electron chi connectivity index (χ1n) is 9.91. The summed E-state index contributed by atoms with van der Waals surface area (Å²) in [6, 6.07) is 13.9. The molecule has 0 fully saturated rings. The lowest BCUT2D eigenvalue weighted by Crippen LogP contribution is -2.28. The van der Waals surface area contributed by atoms with E-state index in [0.717, 1.165) is 36.6 Å². The first kappa shape index (κ1) is 20.4. The number of nitrogens with two attached hydrogens (primary N) is 1. The van der Waals surface area contributed by atoms with Crippen LogP contribution in [0.5, 0.6) is 0 Å². The highest BCUT2D eigenvalue weighted by Gasteiger charge is 2.25. The Hall–Kier alpha value is -1.85. The van der Waals surface area contributed by atoms with Gasteiger partial charge in [-0.05, 0) is 48.5 Å². The van der Waals surface area contributed by atoms with E-state index in [1.54, 1.807) is 0 Å². The number of carbonyl (C=O) groups is 1. The van der Waals surface area contributed by atoms with Crippen LogP contribution in [0.25, 0.3) is 10.9 Å². The minimum atomic E-state index is 0.0401. The second-order valence-electron chi connectivity index (χ2n) is 7.88. The summed E-state index contributed by atoms with van der Waals surface area (Å²) in [4.78, 5) is 14.6. The molecule has 0 amide bonds. The molecular formula is C23H25Cl2N3O.